The molecule has 0 aliphatic carbocycles. The number of anilines is 1. The molecule has 0 atom stereocenters. The summed E-state index contributed by atoms with van der Waals surface area (Å²) in [6, 6.07) is 2.36. The molecule has 2 heterocycles. The maximum Gasteiger partial charge on any atom is 0.145 e. The molecule has 0 unspecified atom stereocenters. The van der Waals surface area contributed by atoms with Gasteiger partial charge in [0.05, 0.1) is 5.69 Å². The van der Waals surface area contributed by atoms with E-state index in [-0.39, 0.29) is 0 Å². The van der Waals surface area contributed by atoms with Crippen molar-refractivity contribution in [1.82, 2.24) is 20.0 Å². The summed E-state index contributed by atoms with van der Waals surface area (Å²) in [7, 11) is 0. The predicted octanol–water partition coefficient (Wildman–Crippen LogP) is 0.451. The van der Waals surface area contributed by atoms with Crippen LogP contribution in [0.4, 0.5) is 5.82 Å². The van der Waals surface area contributed by atoms with E-state index in [2.05, 4.69) is 29.2 Å². The summed E-state index contributed by atoms with van der Waals surface area (Å²) in [5, 5.41) is 7.68. The Labute approximate surface area is 96.6 Å². The quantitative estimate of drug-likeness (QED) is 0.781. The Balaban J connectivity index is 2.07. The number of rotatable bonds is 3. The minimum atomic E-state index is 0.371. The molecule has 0 spiro atoms. The fourth-order valence-electron chi connectivity index (χ4n) is 2.12. The van der Waals surface area contributed by atoms with E-state index in [1.807, 2.05) is 10.7 Å². The van der Waals surface area contributed by atoms with Crippen LogP contribution < -0.4 is 11.1 Å². The minimum Gasteiger partial charge on any atom is -0.382 e. The van der Waals surface area contributed by atoms with Gasteiger partial charge in [0.15, 0.2) is 0 Å². The molecule has 1 aliphatic rings. The lowest BCUT2D eigenvalue weighted by molar-refractivity contribution is 0.225. The zero-order valence-electron chi connectivity index (χ0n) is 10.1. The lowest BCUT2D eigenvalue weighted by Crippen LogP contribution is -2.43. The third-order valence-electron chi connectivity index (χ3n) is 2.92. The molecular weight excluding hydrogens is 202 g/mol. The number of nitrogens with one attached hydrogen (secondary N) is 1. The van der Waals surface area contributed by atoms with Crippen LogP contribution in [-0.2, 0) is 6.54 Å². The number of nitrogen functional groups attached to an aromatic ring is 1. The Morgan fingerprint density at radius 1 is 1.44 bits per heavy atom. The number of hydrogen-bond donors (Lipinski definition) is 2. The van der Waals surface area contributed by atoms with Crippen LogP contribution in [0.1, 0.15) is 25.6 Å². The van der Waals surface area contributed by atoms with Gasteiger partial charge in [-0.2, -0.15) is 5.10 Å². The van der Waals surface area contributed by atoms with E-state index in [0.717, 1.165) is 32.7 Å². The predicted molar refractivity (Wildman–Crippen MR) is 65.2 cm³/mol. The summed E-state index contributed by atoms with van der Waals surface area (Å²) < 4.78 is 2.03. The second kappa shape index (κ2) is 4.84. The molecule has 1 aromatic heterocycles. The molecule has 1 aliphatic heterocycles. The summed E-state index contributed by atoms with van der Waals surface area (Å²) in [5.74, 6) is 0.624. The average molecular weight is 223 g/mol. The summed E-state index contributed by atoms with van der Waals surface area (Å²) in [5.41, 5.74) is 6.98. The highest BCUT2D eigenvalue weighted by Crippen LogP contribution is 2.14. The van der Waals surface area contributed by atoms with Crippen LogP contribution in [0.2, 0.25) is 0 Å². The Morgan fingerprint density at radius 2 is 2.12 bits per heavy atom. The fourth-order valence-corrected chi connectivity index (χ4v) is 2.12. The molecule has 3 N–H and O–H groups in total. The molecular formula is C11H21N5. The summed E-state index contributed by atoms with van der Waals surface area (Å²) in [6.07, 6.45) is 0. The number of hydrogen-bond acceptors (Lipinski definition) is 4. The van der Waals surface area contributed by atoms with Crippen LogP contribution in [-0.4, -0.2) is 40.9 Å². The van der Waals surface area contributed by atoms with Gasteiger partial charge in [0.25, 0.3) is 0 Å². The SMILES string of the molecule is CC(C)n1nc(N)cc1CN1CCNCC1. The van der Waals surface area contributed by atoms with Gasteiger partial charge in [0.2, 0.25) is 0 Å². The van der Waals surface area contributed by atoms with Crippen molar-refractivity contribution in [3.05, 3.63) is 11.8 Å². The normalized spacial score (nSPS) is 18.2. The standard InChI is InChI=1S/C11H21N5/c1-9(2)16-10(7-11(12)14-16)8-15-5-3-13-4-6-15/h7,9,13H,3-6,8H2,1-2H3,(H2,12,14). The van der Waals surface area contributed by atoms with Crippen molar-refractivity contribution in [2.24, 2.45) is 0 Å². The van der Waals surface area contributed by atoms with E-state index in [9.17, 15) is 0 Å². The van der Waals surface area contributed by atoms with Crippen molar-refractivity contribution < 1.29 is 0 Å². The van der Waals surface area contributed by atoms with E-state index in [1.165, 1.54) is 5.69 Å². The van der Waals surface area contributed by atoms with Crippen LogP contribution in [0.25, 0.3) is 0 Å². The zero-order chi connectivity index (χ0) is 11.5. The number of piperazine rings is 1. The Kier molecular flexibility index (Phi) is 3.46. The van der Waals surface area contributed by atoms with Gasteiger partial charge in [-0.1, -0.05) is 0 Å². The summed E-state index contributed by atoms with van der Waals surface area (Å²) >= 11 is 0. The number of aromatic nitrogens is 2. The topological polar surface area (TPSA) is 59.1 Å². The van der Waals surface area contributed by atoms with Gasteiger partial charge >= 0.3 is 0 Å². The maximum absolute atomic E-state index is 5.76. The number of nitrogens with zero attached hydrogens (tertiary/aromatic N) is 3. The van der Waals surface area contributed by atoms with Crippen LogP contribution in [0.15, 0.2) is 6.07 Å². The molecule has 0 aromatic carbocycles. The molecule has 90 valence electrons. The Morgan fingerprint density at radius 3 is 2.75 bits per heavy atom. The van der Waals surface area contributed by atoms with Gasteiger partial charge in [-0.15, -0.1) is 0 Å². The molecule has 1 aromatic rings. The monoisotopic (exact) mass is 223 g/mol. The molecule has 0 radical (unpaired) electrons. The number of nitrogens with two attached hydrogens (primary N) is 1. The van der Waals surface area contributed by atoms with Crippen LogP contribution in [0.3, 0.4) is 0 Å². The first-order valence-corrected chi connectivity index (χ1v) is 5.94. The van der Waals surface area contributed by atoms with Crippen molar-refractivity contribution in [1.29, 1.82) is 0 Å². The zero-order valence-corrected chi connectivity index (χ0v) is 10.1. The summed E-state index contributed by atoms with van der Waals surface area (Å²) in [4.78, 5) is 2.44. The van der Waals surface area contributed by atoms with Gasteiger partial charge in [-0.3, -0.25) is 9.58 Å². The van der Waals surface area contributed by atoms with E-state index in [0.29, 0.717) is 11.9 Å². The van der Waals surface area contributed by atoms with Gasteiger partial charge in [-0.05, 0) is 13.8 Å². The summed E-state index contributed by atoms with van der Waals surface area (Å²) in [6.45, 7) is 9.56. The van der Waals surface area contributed by atoms with Crippen molar-refractivity contribution in [3.63, 3.8) is 0 Å². The first-order valence-electron chi connectivity index (χ1n) is 5.94. The van der Waals surface area contributed by atoms with Crippen molar-refractivity contribution >= 4 is 5.82 Å². The average Bonchev–Trinajstić information content (AvgIpc) is 2.61. The molecule has 0 bridgehead atoms. The molecule has 1 fully saturated rings. The first kappa shape index (κ1) is 11.4. The van der Waals surface area contributed by atoms with E-state index in [4.69, 9.17) is 5.73 Å². The minimum absolute atomic E-state index is 0.371. The van der Waals surface area contributed by atoms with E-state index < -0.39 is 0 Å². The second-order valence-electron chi connectivity index (χ2n) is 4.63. The molecule has 2 rings (SSSR count). The van der Waals surface area contributed by atoms with E-state index >= 15 is 0 Å². The molecule has 5 nitrogen and oxygen atoms in total. The van der Waals surface area contributed by atoms with Crippen LogP contribution in [0, 0.1) is 0 Å². The lowest BCUT2D eigenvalue weighted by atomic mass is 10.3. The third kappa shape index (κ3) is 2.54. The highest BCUT2D eigenvalue weighted by Gasteiger charge is 2.14. The third-order valence-corrected chi connectivity index (χ3v) is 2.92. The van der Waals surface area contributed by atoms with Crippen LogP contribution in [0.5, 0.6) is 0 Å². The highest BCUT2D eigenvalue weighted by atomic mass is 15.3. The maximum atomic E-state index is 5.76. The van der Waals surface area contributed by atoms with Gasteiger partial charge in [0.1, 0.15) is 5.82 Å². The molecule has 5 heteroatoms. The Bertz CT molecular complexity index is 338. The highest BCUT2D eigenvalue weighted by molar-refractivity contribution is 5.29. The largest absolute Gasteiger partial charge is 0.382 e. The van der Waals surface area contributed by atoms with Crippen molar-refractivity contribution in [3.8, 4) is 0 Å². The molecule has 1 saturated heterocycles. The molecule has 0 amide bonds. The van der Waals surface area contributed by atoms with Crippen LogP contribution >= 0.6 is 0 Å². The van der Waals surface area contributed by atoms with Gasteiger partial charge in [-0.25, -0.2) is 0 Å². The van der Waals surface area contributed by atoms with E-state index in [1.54, 1.807) is 0 Å². The second-order valence-corrected chi connectivity index (χ2v) is 4.63. The molecule has 0 saturated carbocycles. The van der Waals surface area contributed by atoms with Gasteiger partial charge in [0, 0.05) is 44.8 Å². The van der Waals surface area contributed by atoms with Crippen molar-refractivity contribution in [2.75, 3.05) is 31.9 Å². The Hall–Kier alpha value is -1.07. The molecule has 16 heavy (non-hydrogen) atoms. The van der Waals surface area contributed by atoms with Crippen molar-refractivity contribution in [2.45, 2.75) is 26.4 Å². The smallest absolute Gasteiger partial charge is 0.145 e. The lowest BCUT2D eigenvalue weighted by Gasteiger charge is -2.27. The van der Waals surface area contributed by atoms with Gasteiger partial charge < -0.3 is 11.1 Å². The first-order chi connectivity index (χ1) is 7.66. The fraction of sp³-hybridized carbons (Fsp3) is 0.727.